The maximum atomic E-state index is 11.5. The number of amides is 1. The lowest BCUT2D eigenvalue weighted by atomic mass is 9.86. The summed E-state index contributed by atoms with van der Waals surface area (Å²) in [4.78, 5) is 22.4. The summed E-state index contributed by atoms with van der Waals surface area (Å²) in [5.74, 6) is 0.836. The van der Waals surface area contributed by atoms with Crippen molar-refractivity contribution in [1.29, 1.82) is 0 Å². The van der Waals surface area contributed by atoms with Crippen LogP contribution in [0, 0.1) is 11.8 Å². The Labute approximate surface area is 142 Å². The van der Waals surface area contributed by atoms with Crippen LogP contribution in [0.15, 0.2) is 12.4 Å². The number of ether oxygens (including phenoxy) is 2. The van der Waals surface area contributed by atoms with Gasteiger partial charge in [0.2, 0.25) is 11.8 Å². The standard InChI is InChI=1S/C17H26N4O3/c1-23-16-10-19-9-13(20-16)11-21-5-2-12(3-6-21)8-15-14(17(18)22)4-7-24-15/h9-10,12,14-15H,2-8,11H2,1H3,(H2,18,22)/t14-,15-/m1/s1. The maximum absolute atomic E-state index is 11.5. The zero-order valence-electron chi connectivity index (χ0n) is 14.2. The van der Waals surface area contributed by atoms with E-state index in [1.807, 2.05) is 0 Å². The fourth-order valence-corrected chi connectivity index (χ4v) is 3.70. The predicted octanol–water partition coefficient (Wildman–Crippen LogP) is 0.978. The van der Waals surface area contributed by atoms with Crippen LogP contribution in [-0.4, -0.2) is 53.7 Å². The minimum atomic E-state index is -0.216. The summed E-state index contributed by atoms with van der Waals surface area (Å²) in [5.41, 5.74) is 6.41. The molecule has 0 spiro atoms. The Morgan fingerprint density at radius 2 is 2.17 bits per heavy atom. The molecule has 2 saturated heterocycles. The van der Waals surface area contributed by atoms with Gasteiger partial charge in [-0.1, -0.05) is 0 Å². The molecule has 2 aliphatic rings. The molecule has 2 fully saturated rings. The Bertz CT molecular complexity index is 561. The highest BCUT2D eigenvalue weighted by atomic mass is 16.5. The van der Waals surface area contributed by atoms with E-state index in [1.165, 1.54) is 0 Å². The van der Waals surface area contributed by atoms with Gasteiger partial charge in [-0.15, -0.1) is 0 Å². The van der Waals surface area contributed by atoms with Gasteiger partial charge in [0.15, 0.2) is 0 Å². The summed E-state index contributed by atoms with van der Waals surface area (Å²) in [6, 6.07) is 0. The van der Waals surface area contributed by atoms with Gasteiger partial charge in [-0.05, 0) is 44.7 Å². The van der Waals surface area contributed by atoms with Gasteiger partial charge in [0.05, 0.1) is 31.0 Å². The van der Waals surface area contributed by atoms with Crippen LogP contribution in [0.5, 0.6) is 5.88 Å². The summed E-state index contributed by atoms with van der Waals surface area (Å²) >= 11 is 0. The molecule has 3 heterocycles. The summed E-state index contributed by atoms with van der Waals surface area (Å²) in [6.45, 7) is 3.50. The molecule has 2 atom stereocenters. The predicted molar refractivity (Wildman–Crippen MR) is 88.2 cm³/mol. The number of carbonyl (C=O) groups excluding carboxylic acids is 1. The van der Waals surface area contributed by atoms with Crippen molar-refractivity contribution in [1.82, 2.24) is 14.9 Å². The van der Waals surface area contributed by atoms with Crippen LogP contribution in [0.4, 0.5) is 0 Å². The molecule has 0 bridgehead atoms. The molecule has 1 amide bonds. The van der Waals surface area contributed by atoms with Crippen molar-refractivity contribution < 1.29 is 14.3 Å². The van der Waals surface area contributed by atoms with E-state index in [0.29, 0.717) is 18.4 Å². The van der Waals surface area contributed by atoms with E-state index in [4.69, 9.17) is 15.2 Å². The minimum absolute atomic E-state index is 0.0169. The van der Waals surface area contributed by atoms with Crippen LogP contribution in [0.1, 0.15) is 31.4 Å². The Morgan fingerprint density at radius 3 is 2.88 bits per heavy atom. The molecule has 0 aliphatic carbocycles. The van der Waals surface area contributed by atoms with Crippen LogP contribution >= 0.6 is 0 Å². The first kappa shape index (κ1) is 17.1. The molecule has 0 radical (unpaired) electrons. The first-order valence-corrected chi connectivity index (χ1v) is 8.64. The first-order chi connectivity index (χ1) is 11.7. The maximum Gasteiger partial charge on any atom is 0.232 e. The Balaban J connectivity index is 1.46. The van der Waals surface area contributed by atoms with Crippen LogP contribution < -0.4 is 10.5 Å². The second kappa shape index (κ2) is 7.90. The SMILES string of the molecule is COc1cncc(CN2CCC(C[C@H]3OCC[C@H]3C(N)=O)CC2)n1. The third-order valence-corrected chi connectivity index (χ3v) is 5.10. The number of carbonyl (C=O) groups is 1. The quantitative estimate of drug-likeness (QED) is 0.834. The minimum Gasteiger partial charge on any atom is -0.480 e. The average molecular weight is 334 g/mol. The van der Waals surface area contributed by atoms with Crippen LogP contribution in [-0.2, 0) is 16.1 Å². The summed E-state index contributed by atoms with van der Waals surface area (Å²) in [6.07, 6.45) is 7.37. The molecule has 7 nitrogen and oxygen atoms in total. The third-order valence-electron chi connectivity index (χ3n) is 5.10. The van der Waals surface area contributed by atoms with E-state index in [-0.39, 0.29) is 17.9 Å². The van der Waals surface area contributed by atoms with Crippen molar-refractivity contribution in [2.75, 3.05) is 26.8 Å². The number of methoxy groups -OCH3 is 1. The summed E-state index contributed by atoms with van der Waals surface area (Å²) < 4.78 is 10.9. The van der Waals surface area contributed by atoms with Crippen molar-refractivity contribution in [2.45, 2.75) is 38.3 Å². The molecule has 1 aromatic heterocycles. The summed E-state index contributed by atoms with van der Waals surface area (Å²) in [5, 5.41) is 0. The van der Waals surface area contributed by atoms with E-state index in [2.05, 4.69) is 14.9 Å². The van der Waals surface area contributed by atoms with Crippen LogP contribution in [0.25, 0.3) is 0 Å². The van der Waals surface area contributed by atoms with Crippen molar-refractivity contribution in [3.05, 3.63) is 18.1 Å². The Kier molecular flexibility index (Phi) is 5.63. The monoisotopic (exact) mass is 334 g/mol. The van der Waals surface area contributed by atoms with Gasteiger partial charge in [-0.25, -0.2) is 4.98 Å². The zero-order valence-corrected chi connectivity index (χ0v) is 14.2. The van der Waals surface area contributed by atoms with Crippen LogP contribution in [0.2, 0.25) is 0 Å². The van der Waals surface area contributed by atoms with Crippen molar-refractivity contribution in [3.63, 3.8) is 0 Å². The highest BCUT2D eigenvalue weighted by Crippen LogP contribution is 2.30. The van der Waals surface area contributed by atoms with Gasteiger partial charge in [-0.3, -0.25) is 14.7 Å². The average Bonchev–Trinajstić information content (AvgIpc) is 3.05. The fraction of sp³-hybridized carbons (Fsp3) is 0.706. The van der Waals surface area contributed by atoms with E-state index in [1.54, 1.807) is 19.5 Å². The lowest BCUT2D eigenvalue weighted by Gasteiger charge is -2.33. The molecule has 2 aliphatic heterocycles. The molecule has 7 heteroatoms. The first-order valence-electron chi connectivity index (χ1n) is 8.64. The van der Waals surface area contributed by atoms with Gasteiger partial charge in [0.25, 0.3) is 0 Å². The number of rotatable bonds is 6. The number of nitrogens with two attached hydrogens (primary N) is 1. The number of hydrogen-bond acceptors (Lipinski definition) is 6. The van der Waals surface area contributed by atoms with E-state index in [9.17, 15) is 4.79 Å². The molecule has 0 saturated carbocycles. The van der Waals surface area contributed by atoms with E-state index in [0.717, 1.165) is 51.0 Å². The zero-order chi connectivity index (χ0) is 16.9. The largest absolute Gasteiger partial charge is 0.480 e. The molecule has 3 rings (SSSR count). The highest BCUT2D eigenvalue weighted by molar-refractivity contribution is 5.77. The number of nitrogens with zero attached hydrogens (tertiary/aromatic N) is 3. The smallest absolute Gasteiger partial charge is 0.232 e. The van der Waals surface area contributed by atoms with Gasteiger partial charge in [0, 0.05) is 19.3 Å². The van der Waals surface area contributed by atoms with E-state index >= 15 is 0 Å². The van der Waals surface area contributed by atoms with Crippen molar-refractivity contribution in [3.8, 4) is 5.88 Å². The molecular formula is C17H26N4O3. The fourth-order valence-electron chi connectivity index (χ4n) is 3.70. The highest BCUT2D eigenvalue weighted by Gasteiger charge is 2.35. The molecule has 132 valence electrons. The number of piperidine rings is 1. The Hall–Kier alpha value is -1.73. The van der Waals surface area contributed by atoms with Crippen LogP contribution in [0.3, 0.4) is 0 Å². The van der Waals surface area contributed by atoms with Gasteiger partial charge >= 0.3 is 0 Å². The topological polar surface area (TPSA) is 90.6 Å². The molecule has 1 aromatic rings. The number of likely N-dealkylation sites (tertiary alicyclic amines) is 1. The van der Waals surface area contributed by atoms with Crippen molar-refractivity contribution >= 4 is 5.91 Å². The third kappa shape index (κ3) is 4.21. The lowest BCUT2D eigenvalue weighted by Crippen LogP contribution is -2.37. The summed E-state index contributed by atoms with van der Waals surface area (Å²) in [7, 11) is 1.60. The lowest BCUT2D eigenvalue weighted by molar-refractivity contribution is -0.123. The molecule has 0 aromatic carbocycles. The number of primary amides is 1. The normalized spacial score (nSPS) is 25.7. The molecule has 2 N–H and O–H groups in total. The molecule has 0 unspecified atom stereocenters. The second-order valence-corrected chi connectivity index (χ2v) is 6.71. The van der Waals surface area contributed by atoms with Gasteiger partial charge in [-0.2, -0.15) is 0 Å². The van der Waals surface area contributed by atoms with E-state index < -0.39 is 0 Å². The van der Waals surface area contributed by atoms with Crippen molar-refractivity contribution in [2.24, 2.45) is 17.6 Å². The number of hydrogen-bond donors (Lipinski definition) is 1. The number of aromatic nitrogens is 2. The van der Waals surface area contributed by atoms with Gasteiger partial charge in [0.1, 0.15) is 0 Å². The van der Waals surface area contributed by atoms with Gasteiger partial charge < -0.3 is 15.2 Å². The molecule has 24 heavy (non-hydrogen) atoms. The molecular weight excluding hydrogens is 308 g/mol. The second-order valence-electron chi connectivity index (χ2n) is 6.71. The Morgan fingerprint density at radius 1 is 1.38 bits per heavy atom.